The maximum absolute atomic E-state index is 13.1. The third-order valence-corrected chi connectivity index (χ3v) is 9.46. The average molecular weight is 530 g/mol. The Bertz CT molecular complexity index is 1170. The van der Waals surface area contributed by atoms with E-state index in [4.69, 9.17) is 0 Å². The first-order valence-electron chi connectivity index (χ1n) is 13.5. The summed E-state index contributed by atoms with van der Waals surface area (Å²) in [5, 5.41) is 14.4. The summed E-state index contributed by atoms with van der Waals surface area (Å²) in [6, 6.07) is 10.6. The van der Waals surface area contributed by atoms with Gasteiger partial charge in [0.25, 0.3) is 0 Å². The molecule has 0 radical (unpaired) electrons. The monoisotopic (exact) mass is 529 g/mol. The summed E-state index contributed by atoms with van der Waals surface area (Å²) in [6.45, 7) is 3.66. The fourth-order valence-electron chi connectivity index (χ4n) is 5.68. The number of benzene rings is 2. The Kier molecular flexibility index (Phi) is 9.56. The molecule has 2 aliphatic heterocycles. The predicted molar refractivity (Wildman–Crippen MR) is 144 cm³/mol. The molecule has 37 heavy (non-hydrogen) atoms. The second-order valence-electron chi connectivity index (χ2n) is 10.5. The molecule has 0 spiro atoms. The van der Waals surface area contributed by atoms with E-state index >= 15 is 0 Å². The number of hydrogen-bond donors (Lipinski definition) is 3. The Hall–Kier alpha value is -2.49. The summed E-state index contributed by atoms with van der Waals surface area (Å²) < 4.78 is 28.4. The van der Waals surface area contributed by atoms with E-state index in [1.807, 2.05) is 6.07 Å². The number of nitrogens with one attached hydrogen (secondary N) is 2. The molecule has 0 aliphatic carbocycles. The fourth-order valence-corrected chi connectivity index (χ4v) is 7.13. The molecular formula is C28H39N3O5S. The van der Waals surface area contributed by atoms with Crippen molar-refractivity contribution in [1.29, 1.82) is 0 Å². The summed E-state index contributed by atoms with van der Waals surface area (Å²) in [6.07, 6.45) is 8.19. The van der Waals surface area contributed by atoms with Gasteiger partial charge in [-0.15, -0.1) is 0 Å². The number of carbonyl (C=O) groups is 2. The standard InChI is InChI=1S/C28H39N3O5S/c32-27(31-19-15-22(16-20-31)6-3-5-21-13-17-29-18-14-21)12-11-25(28(33)34)30-37(35,36)26-10-4-8-23-7-1-2-9-24(23)26/h1-2,4,7-10,21-22,25,29-30H,3,5-6,11-20H2,(H,33,34)/t25-/m0/s1. The van der Waals surface area contributed by atoms with E-state index in [-0.39, 0.29) is 23.6 Å². The molecule has 202 valence electrons. The minimum atomic E-state index is -4.09. The van der Waals surface area contributed by atoms with Crippen LogP contribution >= 0.6 is 0 Å². The summed E-state index contributed by atoms with van der Waals surface area (Å²) in [4.78, 5) is 26.5. The predicted octanol–water partition coefficient (Wildman–Crippen LogP) is 3.76. The van der Waals surface area contributed by atoms with Gasteiger partial charge in [0.1, 0.15) is 6.04 Å². The van der Waals surface area contributed by atoms with E-state index in [0.29, 0.717) is 24.4 Å². The van der Waals surface area contributed by atoms with Gasteiger partial charge in [0.05, 0.1) is 4.90 Å². The largest absolute Gasteiger partial charge is 0.480 e. The van der Waals surface area contributed by atoms with Gasteiger partial charge in [-0.25, -0.2) is 8.42 Å². The van der Waals surface area contributed by atoms with Crippen molar-refractivity contribution in [3.05, 3.63) is 42.5 Å². The summed E-state index contributed by atoms with van der Waals surface area (Å²) in [7, 11) is -4.09. The zero-order chi connectivity index (χ0) is 26.3. The topological polar surface area (TPSA) is 116 Å². The van der Waals surface area contributed by atoms with Crippen LogP contribution in [0.5, 0.6) is 0 Å². The molecule has 2 aliphatic rings. The normalized spacial score (nSPS) is 18.6. The number of carboxylic acids is 1. The number of hydrogen-bond acceptors (Lipinski definition) is 5. The van der Waals surface area contributed by atoms with Crippen molar-refractivity contribution < 1.29 is 23.1 Å². The quantitative estimate of drug-likeness (QED) is 0.408. The van der Waals surface area contributed by atoms with Crippen molar-refractivity contribution in [1.82, 2.24) is 14.9 Å². The van der Waals surface area contributed by atoms with Crippen LogP contribution in [0.15, 0.2) is 47.4 Å². The van der Waals surface area contributed by atoms with Gasteiger partial charge in [-0.05, 0) is 68.5 Å². The van der Waals surface area contributed by atoms with E-state index < -0.39 is 22.0 Å². The first-order valence-corrected chi connectivity index (χ1v) is 15.0. The van der Waals surface area contributed by atoms with Crippen LogP contribution < -0.4 is 10.0 Å². The SMILES string of the molecule is O=C(O)[C@H](CCC(=O)N1CCC(CCCC2CCNCC2)CC1)NS(=O)(=O)c1cccc2ccccc12. The van der Waals surface area contributed by atoms with Crippen molar-refractivity contribution in [3.8, 4) is 0 Å². The molecule has 0 aromatic heterocycles. The molecule has 0 bridgehead atoms. The van der Waals surface area contributed by atoms with Gasteiger partial charge >= 0.3 is 5.97 Å². The zero-order valence-corrected chi connectivity index (χ0v) is 22.2. The Labute approximate surface area is 219 Å². The first-order chi connectivity index (χ1) is 17.8. The second kappa shape index (κ2) is 12.8. The van der Waals surface area contributed by atoms with Gasteiger partial charge in [-0.2, -0.15) is 4.72 Å². The van der Waals surface area contributed by atoms with E-state index in [2.05, 4.69) is 10.0 Å². The number of carbonyl (C=O) groups excluding carboxylic acids is 1. The third kappa shape index (κ3) is 7.52. The minimum absolute atomic E-state index is 0.00456. The van der Waals surface area contributed by atoms with Crippen LogP contribution in [0.2, 0.25) is 0 Å². The van der Waals surface area contributed by atoms with Crippen LogP contribution in [0, 0.1) is 11.8 Å². The number of rotatable bonds is 11. The average Bonchev–Trinajstić information content (AvgIpc) is 2.91. The van der Waals surface area contributed by atoms with Gasteiger partial charge < -0.3 is 15.3 Å². The molecule has 3 N–H and O–H groups in total. The summed E-state index contributed by atoms with van der Waals surface area (Å²) >= 11 is 0. The second-order valence-corrected chi connectivity index (χ2v) is 12.2. The third-order valence-electron chi connectivity index (χ3n) is 7.93. The molecule has 0 unspecified atom stereocenters. The summed E-state index contributed by atoms with van der Waals surface area (Å²) in [5.74, 6) is 0.0982. The fraction of sp³-hybridized carbons (Fsp3) is 0.571. The van der Waals surface area contributed by atoms with Crippen molar-refractivity contribution in [2.75, 3.05) is 26.2 Å². The minimum Gasteiger partial charge on any atom is -0.480 e. The van der Waals surface area contributed by atoms with Crippen molar-refractivity contribution >= 4 is 32.7 Å². The molecule has 8 nitrogen and oxygen atoms in total. The van der Waals surface area contributed by atoms with Crippen molar-refractivity contribution in [3.63, 3.8) is 0 Å². The van der Waals surface area contributed by atoms with Crippen LogP contribution in [0.1, 0.15) is 57.8 Å². The number of carboxylic acid groups (broad SMARTS) is 1. The molecular weight excluding hydrogens is 490 g/mol. The van der Waals surface area contributed by atoms with Gasteiger partial charge in [0.15, 0.2) is 0 Å². The highest BCUT2D eigenvalue weighted by molar-refractivity contribution is 7.89. The van der Waals surface area contributed by atoms with Crippen molar-refractivity contribution in [2.24, 2.45) is 11.8 Å². The Morgan fingerprint density at radius 2 is 1.62 bits per heavy atom. The van der Waals surface area contributed by atoms with Crippen molar-refractivity contribution in [2.45, 2.75) is 68.7 Å². The number of nitrogens with zero attached hydrogens (tertiary/aromatic N) is 1. The Balaban J connectivity index is 1.25. The van der Waals surface area contributed by atoms with Crippen LogP contribution in [0.4, 0.5) is 0 Å². The highest BCUT2D eigenvalue weighted by Gasteiger charge is 2.29. The number of aliphatic carboxylic acids is 1. The molecule has 2 aromatic carbocycles. The molecule has 9 heteroatoms. The smallest absolute Gasteiger partial charge is 0.321 e. The maximum Gasteiger partial charge on any atom is 0.321 e. The van der Waals surface area contributed by atoms with Gasteiger partial charge in [-0.3, -0.25) is 9.59 Å². The Morgan fingerprint density at radius 1 is 0.973 bits per heavy atom. The van der Waals surface area contributed by atoms with Gasteiger partial charge in [-0.1, -0.05) is 55.7 Å². The Morgan fingerprint density at radius 3 is 2.32 bits per heavy atom. The van der Waals surface area contributed by atoms with E-state index in [9.17, 15) is 23.1 Å². The van der Waals surface area contributed by atoms with Crippen LogP contribution in [0.3, 0.4) is 0 Å². The molecule has 1 atom stereocenters. The maximum atomic E-state index is 13.1. The first kappa shape index (κ1) is 27.5. The number of likely N-dealkylation sites (tertiary alicyclic amines) is 1. The lowest BCUT2D eigenvalue weighted by molar-refractivity contribution is -0.139. The lowest BCUT2D eigenvalue weighted by atomic mass is 9.87. The van der Waals surface area contributed by atoms with Crippen LogP contribution in [0.25, 0.3) is 10.8 Å². The van der Waals surface area contributed by atoms with Gasteiger partial charge in [0, 0.05) is 24.9 Å². The van der Waals surface area contributed by atoms with E-state index in [1.165, 1.54) is 38.2 Å². The van der Waals surface area contributed by atoms with Crippen LogP contribution in [-0.2, 0) is 19.6 Å². The molecule has 2 fully saturated rings. The number of piperidine rings is 2. The van der Waals surface area contributed by atoms with E-state index in [0.717, 1.165) is 37.2 Å². The van der Waals surface area contributed by atoms with Crippen LogP contribution in [-0.4, -0.2) is 62.5 Å². The molecule has 2 aromatic rings. The molecule has 2 heterocycles. The summed E-state index contributed by atoms with van der Waals surface area (Å²) in [5.41, 5.74) is 0. The highest BCUT2D eigenvalue weighted by atomic mass is 32.2. The molecule has 4 rings (SSSR count). The number of fused-ring (bicyclic) bond motifs is 1. The number of amides is 1. The lowest BCUT2D eigenvalue weighted by Gasteiger charge is -2.32. The van der Waals surface area contributed by atoms with E-state index in [1.54, 1.807) is 35.2 Å². The highest BCUT2D eigenvalue weighted by Crippen LogP contribution is 2.27. The zero-order valence-electron chi connectivity index (χ0n) is 21.4. The van der Waals surface area contributed by atoms with Gasteiger partial charge in [0.2, 0.25) is 15.9 Å². The number of sulfonamides is 1. The molecule has 1 amide bonds. The molecule has 2 saturated heterocycles. The lowest BCUT2D eigenvalue weighted by Crippen LogP contribution is -2.43. The molecule has 0 saturated carbocycles.